The molecule has 2 aromatic rings. The number of carbonyl (C=O) groups excluding carboxylic acids is 1. The Bertz CT molecular complexity index is 591. The molecule has 18 heavy (non-hydrogen) atoms. The summed E-state index contributed by atoms with van der Waals surface area (Å²) >= 11 is 0. The van der Waals surface area contributed by atoms with Crippen LogP contribution in [0.5, 0.6) is 5.75 Å². The van der Waals surface area contributed by atoms with Gasteiger partial charge in [-0.05, 0) is 36.8 Å². The second kappa shape index (κ2) is 4.92. The summed E-state index contributed by atoms with van der Waals surface area (Å²) < 4.78 is 5.19. The van der Waals surface area contributed by atoms with E-state index >= 15 is 0 Å². The average molecular weight is 241 g/mol. The van der Waals surface area contributed by atoms with Gasteiger partial charge < -0.3 is 10.5 Å². The maximum absolute atomic E-state index is 12.4. The van der Waals surface area contributed by atoms with E-state index in [0.29, 0.717) is 22.6 Å². The maximum atomic E-state index is 12.4. The van der Waals surface area contributed by atoms with Crippen LogP contribution in [-0.4, -0.2) is 12.9 Å². The van der Waals surface area contributed by atoms with Gasteiger partial charge in [-0.25, -0.2) is 0 Å². The van der Waals surface area contributed by atoms with Crippen LogP contribution in [0.1, 0.15) is 21.5 Å². The summed E-state index contributed by atoms with van der Waals surface area (Å²) in [6.07, 6.45) is 0. The van der Waals surface area contributed by atoms with Gasteiger partial charge in [-0.15, -0.1) is 0 Å². The Labute approximate surface area is 106 Å². The molecule has 2 N–H and O–H groups in total. The highest BCUT2D eigenvalue weighted by Crippen LogP contribution is 2.24. The standard InChI is InChI=1S/C15H15NO2/c1-10-7-8-11(13(16)9-10)15(17)12-5-3-4-6-14(12)18-2/h3-9H,16H2,1-2H3. The van der Waals surface area contributed by atoms with Crippen molar-refractivity contribution in [2.75, 3.05) is 12.8 Å². The molecule has 0 heterocycles. The third-order valence-corrected chi connectivity index (χ3v) is 2.80. The van der Waals surface area contributed by atoms with E-state index in [-0.39, 0.29) is 5.78 Å². The lowest BCUT2D eigenvalue weighted by atomic mass is 10.00. The van der Waals surface area contributed by atoms with Crippen LogP contribution in [0.4, 0.5) is 5.69 Å². The first-order valence-electron chi connectivity index (χ1n) is 5.67. The minimum Gasteiger partial charge on any atom is -0.496 e. The van der Waals surface area contributed by atoms with Crippen molar-refractivity contribution in [2.24, 2.45) is 0 Å². The minimum absolute atomic E-state index is 0.120. The Hall–Kier alpha value is -2.29. The van der Waals surface area contributed by atoms with E-state index in [9.17, 15) is 4.79 Å². The molecule has 3 nitrogen and oxygen atoms in total. The van der Waals surface area contributed by atoms with Crippen LogP contribution in [-0.2, 0) is 0 Å². The van der Waals surface area contributed by atoms with Gasteiger partial charge in [-0.2, -0.15) is 0 Å². The molecule has 0 saturated heterocycles. The van der Waals surface area contributed by atoms with Crippen molar-refractivity contribution >= 4 is 11.5 Å². The van der Waals surface area contributed by atoms with Gasteiger partial charge >= 0.3 is 0 Å². The summed E-state index contributed by atoms with van der Waals surface area (Å²) in [5.41, 5.74) is 8.44. The molecule has 0 fully saturated rings. The van der Waals surface area contributed by atoms with E-state index in [1.807, 2.05) is 19.1 Å². The fourth-order valence-electron chi connectivity index (χ4n) is 1.87. The second-order valence-corrected chi connectivity index (χ2v) is 4.12. The van der Waals surface area contributed by atoms with E-state index in [0.717, 1.165) is 5.56 Å². The number of anilines is 1. The number of rotatable bonds is 3. The Morgan fingerprint density at radius 2 is 1.83 bits per heavy atom. The number of nitrogen functional groups attached to an aromatic ring is 1. The predicted molar refractivity (Wildman–Crippen MR) is 72.0 cm³/mol. The van der Waals surface area contributed by atoms with E-state index < -0.39 is 0 Å². The third-order valence-electron chi connectivity index (χ3n) is 2.80. The highest BCUT2D eigenvalue weighted by molar-refractivity contribution is 6.13. The topological polar surface area (TPSA) is 52.3 Å². The molecule has 0 unspecified atom stereocenters. The van der Waals surface area contributed by atoms with Gasteiger partial charge in [0.15, 0.2) is 5.78 Å². The van der Waals surface area contributed by atoms with E-state index in [4.69, 9.17) is 10.5 Å². The average Bonchev–Trinajstić information content (AvgIpc) is 2.38. The Morgan fingerprint density at radius 3 is 2.50 bits per heavy atom. The fourth-order valence-corrected chi connectivity index (χ4v) is 1.87. The van der Waals surface area contributed by atoms with Crippen molar-refractivity contribution in [1.29, 1.82) is 0 Å². The molecule has 0 radical (unpaired) electrons. The summed E-state index contributed by atoms with van der Waals surface area (Å²) in [6, 6.07) is 12.5. The zero-order valence-electron chi connectivity index (χ0n) is 10.4. The van der Waals surface area contributed by atoms with Crippen LogP contribution in [0.25, 0.3) is 0 Å². The van der Waals surface area contributed by atoms with Crippen molar-refractivity contribution < 1.29 is 9.53 Å². The van der Waals surface area contributed by atoms with Crippen molar-refractivity contribution in [3.05, 3.63) is 59.2 Å². The van der Waals surface area contributed by atoms with Gasteiger partial charge in [0.25, 0.3) is 0 Å². The Kier molecular flexibility index (Phi) is 3.33. The summed E-state index contributed by atoms with van der Waals surface area (Å²) in [6.45, 7) is 1.94. The smallest absolute Gasteiger partial charge is 0.198 e. The van der Waals surface area contributed by atoms with Crippen molar-refractivity contribution in [3.8, 4) is 5.75 Å². The number of ether oxygens (including phenoxy) is 1. The second-order valence-electron chi connectivity index (χ2n) is 4.12. The molecule has 0 aromatic heterocycles. The van der Waals surface area contributed by atoms with Crippen LogP contribution >= 0.6 is 0 Å². The Balaban J connectivity index is 2.48. The van der Waals surface area contributed by atoms with Crippen LogP contribution in [0.2, 0.25) is 0 Å². The SMILES string of the molecule is COc1ccccc1C(=O)c1ccc(C)cc1N. The summed E-state index contributed by atoms with van der Waals surface area (Å²) in [5, 5.41) is 0. The number of hydrogen-bond donors (Lipinski definition) is 1. The van der Waals surface area contributed by atoms with Gasteiger partial charge in [0.2, 0.25) is 0 Å². The molecule has 2 aromatic carbocycles. The zero-order chi connectivity index (χ0) is 13.1. The van der Waals surface area contributed by atoms with Crippen molar-refractivity contribution in [3.63, 3.8) is 0 Å². The van der Waals surface area contributed by atoms with Gasteiger partial charge in [0.1, 0.15) is 5.75 Å². The lowest BCUT2D eigenvalue weighted by Crippen LogP contribution is -2.07. The minimum atomic E-state index is -0.120. The molecule has 2 rings (SSSR count). The Morgan fingerprint density at radius 1 is 1.11 bits per heavy atom. The molecule has 0 saturated carbocycles. The van der Waals surface area contributed by atoms with Crippen LogP contribution in [0.3, 0.4) is 0 Å². The molecule has 0 aliphatic rings. The number of ketones is 1. The highest BCUT2D eigenvalue weighted by atomic mass is 16.5. The van der Waals surface area contributed by atoms with E-state index in [2.05, 4.69) is 0 Å². The lowest BCUT2D eigenvalue weighted by Gasteiger charge is -2.09. The monoisotopic (exact) mass is 241 g/mol. The van der Waals surface area contributed by atoms with E-state index in [1.165, 1.54) is 0 Å². The first kappa shape index (κ1) is 12.2. The normalized spacial score (nSPS) is 10.1. The molecule has 0 bridgehead atoms. The van der Waals surface area contributed by atoms with Gasteiger partial charge in [-0.3, -0.25) is 4.79 Å². The van der Waals surface area contributed by atoms with Crippen LogP contribution < -0.4 is 10.5 Å². The molecule has 0 atom stereocenters. The summed E-state index contributed by atoms with van der Waals surface area (Å²) in [5.74, 6) is 0.437. The number of methoxy groups -OCH3 is 1. The van der Waals surface area contributed by atoms with Crippen molar-refractivity contribution in [2.45, 2.75) is 6.92 Å². The van der Waals surface area contributed by atoms with Gasteiger partial charge in [-0.1, -0.05) is 18.2 Å². The molecular weight excluding hydrogens is 226 g/mol. The molecule has 92 valence electrons. The molecule has 0 spiro atoms. The maximum Gasteiger partial charge on any atom is 0.198 e. The third kappa shape index (κ3) is 2.20. The number of hydrogen-bond acceptors (Lipinski definition) is 3. The first-order valence-corrected chi connectivity index (χ1v) is 5.67. The molecule has 0 aliphatic carbocycles. The fraction of sp³-hybridized carbons (Fsp3) is 0.133. The number of carbonyl (C=O) groups is 1. The largest absolute Gasteiger partial charge is 0.496 e. The first-order chi connectivity index (χ1) is 8.63. The summed E-state index contributed by atoms with van der Waals surface area (Å²) in [4.78, 5) is 12.4. The quantitative estimate of drug-likeness (QED) is 0.664. The summed E-state index contributed by atoms with van der Waals surface area (Å²) in [7, 11) is 1.55. The molecule has 3 heteroatoms. The number of nitrogens with two attached hydrogens (primary N) is 1. The zero-order valence-corrected chi connectivity index (χ0v) is 10.4. The number of aryl methyl sites for hydroxylation is 1. The van der Waals surface area contributed by atoms with Crippen molar-refractivity contribution in [1.82, 2.24) is 0 Å². The number of benzene rings is 2. The van der Waals surface area contributed by atoms with E-state index in [1.54, 1.807) is 37.4 Å². The van der Waals surface area contributed by atoms with Crippen LogP contribution in [0, 0.1) is 6.92 Å². The van der Waals surface area contributed by atoms with Gasteiger partial charge in [0, 0.05) is 11.3 Å². The van der Waals surface area contributed by atoms with Gasteiger partial charge in [0.05, 0.1) is 12.7 Å². The van der Waals surface area contributed by atoms with Crippen LogP contribution in [0.15, 0.2) is 42.5 Å². The highest BCUT2D eigenvalue weighted by Gasteiger charge is 2.16. The number of para-hydroxylation sites is 1. The molecule has 0 aliphatic heterocycles. The molecule has 0 amide bonds. The lowest BCUT2D eigenvalue weighted by molar-refractivity contribution is 0.103. The predicted octanol–water partition coefficient (Wildman–Crippen LogP) is 2.82. The molecular formula is C15H15NO2.